The Morgan fingerprint density at radius 2 is 2.18 bits per heavy atom. The zero-order chi connectivity index (χ0) is 12.1. The van der Waals surface area contributed by atoms with Gasteiger partial charge in [0.15, 0.2) is 0 Å². The standard InChI is InChI=1S/C13H16N2O2/c1-11-4-2-3-5-12(11)17-9-8-15-7-6-14-13(15)10-16/h2-7,16H,8-10H2,1H3. The van der Waals surface area contributed by atoms with Gasteiger partial charge in [-0.3, -0.25) is 0 Å². The Morgan fingerprint density at radius 3 is 2.94 bits per heavy atom. The van der Waals surface area contributed by atoms with E-state index < -0.39 is 0 Å². The van der Waals surface area contributed by atoms with Gasteiger partial charge in [0, 0.05) is 12.4 Å². The van der Waals surface area contributed by atoms with Gasteiger partial charge in [0.25, 0.3) is 0 Å². The highest BCUT2D eigenvalue weighted by atomic mass is 16.5. The highest BCUT2D eigenvalue weighted by Crippen LogP contribution is 2.16. The lowest BCUT2D eigenvalue weighted by Gasteiger charge is -2.10. The molecule has 0 fully saturated rings. The summed E-state index contributed by atoms with van der Waals surface area (Å²) in [5.41, 5.74) is 1.13. The van der Waals surface area contributed by atoms with Gasteiger partial charge >= 0.3 is 0 Å². The Balaban J connectivity index is 1.90. The Kier molecular flexibility index (Phi) is 3.77. The van der Waals surface area contributed by atoms with E-state index in [4.69, 9.17) is 9.84 Å². The van der Waals surface area contributed by atoms with E-state index in [-0.39, 0.29) is 6.61 Å². The zero-order valence-corrected chi connectivity index (χ0v) is 9.84. The van der Waals surface area contributed by atoms with Crippen molar-refractivity contribution in [3.8, 4) is 5.75 Å². The molecular weight excluding hydrogens is 216 g/mol. The van der Waals surface area contributed by atoms with Gasteiger partial charge in [-0.05, 0) is 18.6 Å². The second kappa shape index (κ2) is 5.50. The number of imidazole rings is 1. The van der Waals surface area contributed by atoms with E-state index >= 15 is 0 Å². The summed E-state index contributed by atoms with van der Waals surface area (Å²) >= 11 is 0. The fraction of sp³-hybridized carbons (Fsp3) is 0.308. The van der Waals surface area contributed by atoms with Crippen LogP contribution in [0.3, 0.4) is 0 Å². The molecule has 0 atom stereocenters. The Bertz CT molecular complexity index is 480. The summed E-state index contributed by atoms with van der Waals surface area (Å²) in [6, 6.07) is 7.92. The second-order valence-electron chi connectivity index (χ2n) is 3.81. The fourth-order valence-corrected chi connectivity index (χ4v) is 1.67. The molecule has 4 heteroatoms. The number of nitrogens with zero attached hydrogens (tertiary/aromatic N) is 2. The van der Waals surface area contributed by atoms with Crippen LogP contribution in [-0.4, -0.2) is 21.3 Å². The summed E-state index contributed by atoms with van der Waals surface area (Å²) in [6.07, 6.45) is 3.52. The molecule has 0 saturated carbocycles. The number of benzene rings is 1. The molecule has 90 valence electrons. The molecule has 2 aromatic rings. The van der Waals surface area contributed by atoms with Crippen molar-refractivity contribution in [2.45, 2.75) is 20.1 Å². The van der Waals surface area contributed by atoms with Crippen molar-refractivity contribution in [3.63, 3.8) is 0 Å². The predicted molar refractivity (Wildman–Crippen MR) is 64.8 cm³/mol. The molecule has 2 rings (SSSR count). The topological polar surface area (TPSA) is 47.3 Å². The van der Waals surface area contributed by atoms with E-state index in [1.807, 2.05) is 42.0 Å². The molecule has 0 unspecified atom stereocenters. The van der Waals surface area contributed by atoms with Gasteiger partial charge in [0.2, 0.25) is 0 Å². The molecule has 1 aromatic heterocycles. The maximum absolute atomic E-state index is 9.04. The van der Waals surface area contributed by atoms with Crippen molar-refractivity contribution in [1.82, 2.24) is 9.55 Å². The molecule has 4 nitrogen and oxygen atoms in total. The predicted octanol–water partition coefficient (Wildman–Crippen LogP) is 1.76. The van der Waals surface area contributed by atoms with Crippen LogP contribution in [0.15, 0.2) is 36.7 Å². The minimum atomic E-state index is -0.0443. The summed E-state index contributed by atoms with van der Waals surface area (Å²) in [6.45, 7) is 3.22. The van der Waals surface area contributed by atoms with Crippen LogP contribution >= 0.6 is 0 Å². The lowest BCUT2D eigenvalue weighted by Crippen LogP contribution is -2.10. The quantitative estimate of drug-likeness (QED) is 0.854. The van der Waals surface area contributed by atoms with Crippen LogP contribution in [0.1, 0.15) is 11.4 Å². The Labute approximate surface area is 100 Å². The smallest absolute Gasteiger partial charge is 0.134 e. The van der Waals surface area contributed by atoms with E-state index in [0.29, 0.717) is 19.0 Å². The third kappa shape index (κ3) is 2.85. The summed E-state index contributed by atoms with van der Waals surface area (Å²) in [5.74, 6) is 1.57. The van der Waals surface area contributed by atoms with Crippen LogP contribution in [0, 0.1) is 6.92 Å². The number of aliphatic hydroxyl groups excluding tert-OH is 1. The summed E-state index contributed by atoms with van der Waals surface area (Å²) in [7, 11) is 0. The van der Waals surface area contributed by atoms with Crippen molar-refractivity contribution in [2.24, 2.45) is 0 Å². The molecule has 0 aliphatic rings. The number of aliphatic hydroxyl groups is 1. The van der Waals surface area contributed by atoms with Gasteiger partial charge in [0.05, 0.1) is 6.54 Å². The van der Waals surface area contributed by atoms with Gasteiger partial charge in [-0.2, -0.15) is 0 Å². The maximum Gasteiger partial charge on any atom is 0.134 e. The number of aromatic nitrogens is 2. The first kappa shape index (κ1) is 11.7. The normalized spacial score (nSPS) is 10.5. The molecule has 0 radical (unpaired) electrons. The summed E-state index contributed by atoms with van der Waals surface area (Å²) in [5, 5.41) is 9.04. The van der Waals surface area contributed by atoms with Gasteiger partial charge in [0.1, 0.15) is 24.8 Å². The van der Waals surface area contributed by atoms with Gasteiger partial charge in [-0.15, -0.1) is 0 Å². The number of aryl methyl sites for hydroxylation is 1. The summed E-state index contributed by atoms with van der Waals surface area (Å²) in [4.78, 5) is 4.04. The minimum absolute atomic E-state index is 0.0443. The molecule has 0 spiro atoms. The first-order valence-corrected chi connectivity index (χ1v) is 5.60. The summed E-state index contributed by atoms with van der Waals surface area (Å²) < 4.78 is 7.57. The van der Waals surface area contributed by atoms with Crippen LogP contribution in [0.4, 0.5) is 0 Å². The van der Waals surface area contributed by atoms with E-state index in [1.165, 1.54) is 0 Å². The first-order chi connectivity index (χ1) is 8.31. The lowest BCUT2D eigenvalue weighted by atomic mass is 10.2. The highest BCUT2D eigenvalue weighted by Gasteiger charge is 2.01. The number of hydrogen-bond donors (Lipinski definition) is 1. The van der Waals surface area contributed by atoms with Crippen molar-refractivity contribution in [2.75, 3.05) is 6.61 Å². The molecule has 17 heavy (non-hydrogen) atoms. The highest BCUT2D eigenvalue weighted by molar-refractivity contribution is 5.31. The first-order valence-electron chi connectivity index (χ1n) is 5.60. The average Bonchev–Trinajstić information content (AvgIpc) is 2.79. The number of para-hydroxylation sites is 1. The van der Waals surface area contributed by atoms with E-state index in [1.54, 1.807) is 6.20 Å². The van der Waals surface area contributed by atoms with Gasteiger partial charge in [-0.1, -0.05) is 18.2 Å². The molecule has 1 aromatic carbocycles. The van der Waals surface area contributed by atoms with E-state index in [2.05, 4.69) is 4.98 Å². The van der Waals surface area contributed by atoms with Crippen molar-refractivity contribution in [3.05, 3.63) is 48.0 Å². The molecule has 1 heterocycles. The van der Waals surface area contributed by atoms with Crippen molar-refractivity contribution in [1.29, 1.82) is 0 Å². The molecule has 0 saturated heterocycles. The molecule has 0 amide bonds. The maximum atomic E-state index is 9.04. The minimum Gasteiger partial charge on any atom is -0.491 e. The SMILES string of the molecule is Cc1ccccc1OCCn1ccnc1CO. The van der Waals surface area contributed by atoms with Crippen LogP contribution < -0.4 is 4.74 Å². The second-order valence-corrected chi connectivity index (χ2v) is 3.81. The zero-order valence-electron chi connectivity index (χ0n) is 9.84. The largest absolute Gasteiger partial charge is 0.491 e. The molecule has 0 aliphatic carbocycles. The van der Waals surface area contributed by atoms with Crippen molar-refractivity contribution < 1.29 is 9.84 Å². The Morgan fingerprint density at radius 1 is 1.35 bits per heavy atom. The molecule has 0 bridgehead atoms. The van der Waals surface area contributed by atoms with Crippen molar-refractivity contribution >= 4 is 0 Å². The lowest BCUT2D eigenvalue weighted by molar-refractivity contribution is 0.253. The van der Waals surface area contributed by atoms with Gasteiger partial charge < -0.3 is 14.4 Å². The van der Waals surface area contributed by atoms with Gasteiger partial charge in [-0.25, -0.2) is 4.98 Å². The number of rotatable bonds is 5. The van der Waals surface area contributed by atoms with E-state index in [0.717, 1.165) is 11.3 Å². The molecule has 1 N–H and O–H groups in total. The van der Waals surface area contributed by atoms with Crippen LogP contribution in [0.25, 0.3) is 0 Å². The van der Waals surface area contributed by atoms with Crippen LogP contribution in [0.2, 0.25) is 0 Å². The third-order valence-corrected chi connectivity index (χ3v) is 2.63. The van der Waals surface area contributed by atoms with Crippen LogP contribution in [0.5, 0.6) is 5.75 Å². The number of hydrogen-bond acceptors (Lipinski definition) is 3. The molecule has 0 aliphatic heterocycles. The molecular formula is C13H16N2O2. The average molecular weight is 232 g/mol. The van der Waals surface area contributed by atoms with Crippen LogP contribution in [-0.2, 0) is 13.2 Å². The fourth-order valence-electron chi connectivity index (χ4n) is 1.67. The number of ether oxygens (including phenoxy) is 1. The third-order valence-electron chi connectivity index (χ3n) is 2.63. The van der Waals surface area contributed by atoms with E-state index in [9.17, 15) is 0 Å². The monoisotopic (exact) mass is 232 g/mol. The Hall–Kier alpha value is -1.81.